The monoisotopic (exact) mass is 343 g/mol. The number of benzene rings is 1. The Morgan fingerprint density at radius 1 is 1.33 bits per heavy atom. The molecule has 2 heterocycles. The van der Waals surface area contributed by atoms with Crippen LogP contribution in [0.15, 0.2) is 47.7 Å². The summed E-state index contributed by atoms with van der Waals surface area (Å²) in [4.78, 5) is 6.81. The van der Waals surface area contributed by atoms with Gasteiger partial charge in [-0.3, -0.25) is 4.99 Å². The molecule has 2 aromatic rings. The molecule has 1 fully saturated rings. The van der Waals surface area contributed by atoms with E-state index in [0.717, 1.165) is 37.0 Å². The van der Waals surface area contributed by atoms with Gasteiger partial charge in [-0.15, -0.1) is 0 Å². The number of aromatic nitrogens is 2. The van der Waals surface area contributed by atoms with E-state index in [-0.39, 0.29) is 4.75 Å². The Morgan fingerprint density at radius 2 is 2.12 bits per heavy atom. The molecule has 0 amide bonds. The fourth-order valence-electron chi connectivity index (χ4n) is 2.90. The van der Waals surface area contributed by atoms with Crippen molar-refractivity contribution in [2.24, 2.45) is 4.99 Å². The van der Waals surface area contributed by atoms with E-state index in [4.69, 9.17) is 0 Å². The van der Waals surface area contributed by atoms with E-state index in [1.54, 1.807) is 6.20 Å². The minimum absolute atomic E-state index is 0.279. The summed E-state index contributed by atoms with van der Waals surface area (Å²) >= 11 is 2.03. The molecule has 0 radical (unpaired) electrons. The van der Waals surface area contributed by atoms with Crippen molar-refractivity contribution in [2.75, 3.05) is 25.9 Å². The second kappa shape index (κ2) is 7.30. The van der Waals surface area contributed by atoms with Gasteiger partial charge in [0, 0.05) is 49.6 Å². The molecule has 5 nitrogen and oxygen atoms in total. The van der Waals surface area contributed by atoms with Crippen LogP contribution in [0.4, 0.5) is 0 Å². The van der Waals surface area contributed by atoms with Gasteiger partial charge in [-0.25, -0.2) is 4.68 Å². The smallest absolute Gasteiger partial charge is 0.193 e. The summed E-state index contributed by atoms with van der Waals surface area (Å²) in [5.41, 5.74) is 2.31. The molecule has 128 valence electrons. The number of nitrogens with zero attached hydrogens (tertiary/aromatic N) is 4. The van der Waals surface area contributed by atoms with Crippen molar-refractivity contribution in [3.05, 3.63) is 48.3 Å². The van der Waals surface area contributed by atoms with Crippen LogP contribution in [0.1, 0.15) is 19.4 Å². The van der Waals surface area contributed by atoms with E-state index in [2.05, 4.69) is 58.4 Å². The van der Waals surface area contributed by atoms with Crippen molar-refractivity contribution in [3.8, 4) is 5.69 Å². The van der Waals surface area contributed by atoms with Crippen LogP contribution in [0, 0.1) is 0 Å². The molecule has 1 aromatic heterocycles. The van der Waals surface area contributed by atoms with Gasteiger partial charge >= 0.3 is 0 Å². The van der Waals surface area contributed by atoms with Gasteiger partial charge in [-0.05, 0) is 37.6 Å². The van der Waals surface area contributed by atoms with E-state index in [1.165, 1.54) is 5.56 Å². The predicted octanol–water partition coefficient (Wildman–Crippen LogP) is 2.78. The van der Waals surface area contributed by atoms with Gasteiger partial charge in [0.2, 0.25) is 0 Å². The van der Waals surface area contributed by atoms with Crippen LogP contribution in [0.5, 0.6) is 0 Å². The number of hydrogen-bond donors (Lipinski definition) is 1. The average molecular weight is 344 g/mol. The Morgan fingerprint density at radius 3 is 2.75 bits per heavy atom. The highest BCUT2D eigenvalue weighted by atomic mass is 32.2. The molecular formula is C18H25N5S. The highest BCUT2D eigenvalue weighted by Crippen LogP contribution is 2.29. The fraction of sp³-hybridized carbons (Fsp3) is 0.444. The van der Waals surface area contributed by atoms with Gasteiger partial charge in [0.1, 0.15) is 0 Å². The van der Waals surface area contributed by atoms with Crippen molar-refractivity contribution in [3.63, 3.8) is 0 Å². The summed E-state index contributed by atoms with van der Waals surface area (Å²) in [7, 11) is 1.86. The third kappa shape index (κ3) is 4.12. The first-order chi connectivity index (χ1) is 11.6. The van der Waals surface area contributed by atoms with Crippen LogP contribution in [-0.4, -0.2) is 51.3 Å². The first-order valence-corrected chi connectivity index (χ1v) is 9.24. The Kier molecular flexibility index (Phi) is 5.14. The van der Waals surface area contributed by atoms with Crippen molar-refractivity contribution in [1.82, 2.24) is 20.0 Å². The molecule has 0 spiro atoms. The van der Waals surface area contributed by atoms with Crippen LogP contribution in [-0.2, 0) is 6.54 Å². The number of thioether (sulfide) groups is 1. The molecule has 1 aromatic carbocycles. The number of hydrogen-bond acceptors (Lipinski definition) is 3. The third-order valence-corrected chi connectivity index (χ3v) is 5.39. The maximum atomic E-state index is 4.46. The van der Waals surface area contributed by atoms with Crippen LogP contribution in [0.25, 0.3) is 5.69 Å². The van der Waals surface area contributed by atoms with E-state index >= 15 is 0 Å². The standard InChI is InChI=1S/C18H25N5S/c1-18(2)14-22(11-12-24-18)17(19-3)20-13-15-5-7-16(8-6-15)23-10-4-9-21-23/h4-10H,11-14H2,1-3H3,(H,19,20). The highest BCUT2D eigenvalue weighted by Gasteiger charge is 2.28. The van der Waals surface area contributed by atoms with Gasteiger partial charge in [0.25, 0.3) is 0 Å². The molecule has 1 aliphatic rings. The molecule has 1 N–H and O–H groups in total. The summed E-state index contributed by atoms with van der Waals surface area (Å²) in [5, 5.41) is 7.74. The van der Waals surface area contributed by atoms with Crippen molar-refractivity contribution < 1.29 is 0 Å². The van der Waals surface area contributed by atoms with Crippen molar-refractivity contribution in [1.29, 1.82) is 0 Å². The summed E-state index contributed by atoms with van der Waals surface area (Å²) in [6, 6.07) is 10.4. The lowest BCUT2D eigenvalue weighted by molar-refractivity contribution is 0.376. The van der Waals surface area contributed by atoms with E-state index in [9.17, 15) is 0 Å². The van der Waals surface area contributed by atoms with Crippen molar-refractivity contribution in [2.45, 2.75) is 25.1 Å². The second-order valence-corrected chi connectivity index (χ2v) is 8.35. The van der Waals surface area contributed by atoms with Crippen LogP contribution < -0.4 is 5.32 Å². The first-order valence-electron chi connectivity index (χ1n) is 8.26. The molecule has 0 unspecified atom stereocenters. The lowest BCUT2D eigenvalue weighted by Crippen LogP contribution is -2.50. The Bertz CT molecular complexity index is 676. The Labute approximate surface area is 148 Å². The number of nitrogens with one attached hydrogen (secondary N) is 1. The molecule has 6 heteroatoms. The minimum atomic E-state index is 0.279. The van der Waals surface area contributed by atoms with Crippen LogP contribution in [0.3, 0.4) is 0 Å². The van der Waals surface area contributed by atoms with Crippen molar-refractivity contribution >= 4 is 17.7 Å². The van der Waals surface area contributed by atoms with E-state index in [1.807, 2.05) is 35.8 Å². The molecular weight excluding hydrogens is 318 g/mol. The largest absolute Gasteiger partial charge is 0.352 e. The lowest BCUT2D eigenvalue weighted by atomic mass is 10.2. The molecule has 0 atom stereocenters. The topological polar surface area (TPSA) is 45.5 Å². The first kappa shape index (κ1) is 16.9. The zero-order chi connectivity index (χ0) is 17.0. The average Bonchev–Trinajstić information content (AvgIpc) is 3.10. The van der Waals surface area contributed by atoms with Crippen LogP contribution >= 0.6 is 11.8 Å². The van der Waals surface area contributed by atoms with Gasteiger partial charge in [0.05, 0.1) is 5.69 Å². The maximum Gasteiger partial charge on any atom is 0.193 e. The van der Waals surface area contributed by atoms with Gasteiger partial charge in [-0.2, -0.15) is 16.9 Å². The molecule has 1 aliphatic heterocycles. The Balaban J connectivity index is 1.60. The maximum absolute atomic E-state index is 4.46. The molecule has 1 saturated heterocycles. The minimum Gasteiger partial charge on any atom is -0.352 e. The predicted molar refractivity (Wildman–Crippen MR) is 102 cm³/mol. The summed E-state index contributed by atoms with van der Waals surface area (Å²) in [5.74, 6) is 2.13. The molecule has 0 bridgehead atoms. The van der Waals surface area contributed by atoms with Gasteiger partial charge < -0.3 is 10.2 Å². The lowest BCUT2D eigenvalue weighted by Gasteiger charge is -2.39. The molecule has 24 heavy (non-hydrogen) atoms. The summed E-state index contributed by atoms with van der Waals surface area (Å²) < 4.78 is 2.14. The molecule has 0 saturated carbocycles. The number of guanidine groups is 1. The third-order valence-electron chi connectivity index (χ3n) is 4.09. The van der Waals surface area contributed by atoms with Gasteiger partial charge in [0.15, 0.2) is 5.96 Å². The molecule has 3 rings (SSSR count). The quantitative estimate of drug-likeness (QED) is 0.688. The Hall–Kier alpha value is -1.95. The van der Waals surface area contributed by atoms with Gasteiger partial charge in [-0.1, -0.05) is 12.1 Å². The zero-order valence-electron chi connectivity index (χ0n) is 14.6. The van der Waals surface area contributed by atoms with Crippen LogP contribution in [0.2, 0.25) is 0 Å². The highest BCUT2D eigenvalue weighted by molar-refractivity contribution is 8.00. The normalized spacial score (nSPS) is 17.8. The fourth-order valence-corrected chi connectivity index (χ4v) is 4.01. The SMILES string of the molecule is CN=C(NCc1ccc(-n2cccn2)cc1)N1CCSC(C)(C)C1. The summed E-state index contributed by atoms with van der Waals surface area (Å²) in [6.07, 6.45) is 3.74. The summed E-state index contributed by atoms with van der Waals surface area (Å²) in [6.45, 7) is 7.44. The zero-order valence-corrected chi connectivity index (χ0v) is 15.4. The second-order valence-electron chi connectivity index (χ2n) is 6.55. The number of rotatable bonds is 3. The molecule has 0 aliphatic carbocycles. The number of aliphatic imine (C=N–C) groups is 1. The van der Waals surface area contributed by atoms with E-state index in [0.29, 0.717) is 0 Å². The van der Waals surface area contributed by atoms with E-state index < -0.39 is 0 Å².